The lowest BCUT2D eigenvalue weighted by Crippen LogP contribution is -2.24. The van der Waals surface area contributed by atoms with Gasteiger partial charge in [-0.1, -0.05) is 29.8 Å². The van der Waals surface area contributed by atoms with Gasteiger partial charge in [-0.2, -0.15) is 0 Å². The minimum absolute atomic E-state index is 0.204. The number of ether oxygens (including phenoxy) is 1. The highest BCUT2D eigenvalue weighted by atomic mass is 79.9. The summed E-state index contributed by atoms with van der Waals surface area (Å²) in [5, 5.41) is 11.5. The van der Waals surface area contributed by atoms with Gasteiger partial charge in [0.1, 0.15) is 18.1 Å². The van der Waals surface area contributed by atoms with Gasteiger partial charge in [0, 0.05) is 6.92 Å². The molecule has 136 valence electrons. The SMILES string of the molecule is CC(=O)N/C(=C/c1cc(Br)c(OCc2cccc(C)c2)c(Br)c1)C(=O)O. The molecule has 0 aliphatic carbocycles. The quantitative estimate of drug-likeness (QED) is 0.587. The Balaban J connectivity index is 2.24. The van der Waals surface area contributed by atoms with Crippen LogP contribution in [0.5, 0.6) is 5.75 Å². The van der Waals surface area contributed by atoms with E-state index in [-0.39, 0.29) is 5.70 Å². The average molecular weight is 483 g/mol. The summed E-state index contributed by atoms with van der Waals surface area (Å²) in [6.07, 6.45) is 1.38. The van der Waals surface area contributed by atoms with Gasteiger partial charge in [0.25, 0.3) is 0 Å². The lowest BCUT2D eigenvalue weighted by molar-refractivity contribution is -0.134. The molecule has 0 aliphatic heterocycles. The van der Waals surface area contributed by atoms with Crippen molar-refractivity contribution in [1.82, 2.24) is 5.32 Å². The van der Waals surface area contributed by atoms with E-state index < -0.39 is 11.9 Å². The lowest BCUT2D eigenvalue weighted by Gasteiger charge is -2.12. The first-order valence-electron chi connectivity index (χ1n) is 7.66. The van der Waals surface area contributed by atoms with Gasteiger partial charge >= 0.3 is 5.97 Å². The summed E-state index contributed by atoms with van der Waals surface area (Å²) in [6.45, 7) is 3.68. The highest BCUT2D eigenvalue weighted by Gasteiger charge is 2.12. The smallest absolute Gasteiger partial charge is 0.352 e. The van der Waals surface area contributed by atoms with Crippen molar-refractivity contribution in [2.75, 3.05) is 0 Å². The number of carbonyl (C=O) groups is 2. The van der Waals surface area contributed by atoms with E-state index in [2.05, 4.69) is 37.2 Å². The molecule has 2 N–H and O–H groups in total. The van der Waals surface area contributed by atoms with Crippen LogP contribution in [0.4, 0.5) is 0 Å². The van der Waals surface area contributed by atoms with E-state index in [4.69, 9.17) is 4.74 Å². The third kappa shape index (κ3) is 5.71. The first kappa shape index (κ1) is 20.2. The van der Waals surface area contributed by atoms with Crippen molar-refractivity contribution < 1.29 is 19.4 Å². The summed E-state index contributed by atoms with van der Waals surface area (Å²) >= 11 is 6.89. The van der Waals surface area contributed by atoms with E-state index in [1.807, 2.05) is 31.2 Å². The van der Waals surface area contributed by atoms with Gasteiger partial charge in [-0.3, -0.25) is 4.79 Å². The second kappa shape index (κ2) is 9.00. The number of rotatable bonds is 6. The molecule has 0 atom stereocenters. The van der Waals surface area contributed by atoms with Crippen LogP contribution in [0.3, 0.4) is 0 Å². The first-order valence-corrected chi connectivity index (χ1v) is 9.25. The van der Waals surface area contributed by atoms with Crippen molar-refractivity contribution >= 4 is 49.8 Å². The maximum Gasteiger partial charge on any atom is 0.352 e. The summed E-state index contributed by atoms with van der Waals surface area (Å²) in [7, 11) is 0. The van der Waals surface area contributed by atoms with Crippen LogP contribution in [0.1, 0.15) is 23.6 Å². The van der Waals surface area contributed by atoms with Gasteiger partial charge in [-0.15, -0.1) is 0 Å². The van der Waals surface area contributed by atoms with Crippen molar-refractivity contribution in [2.24, 2.45) is 0 Å². The number of carbonyl (C=O) groups excluding carboxylic acids is 1. The molecular formula is C19H17Br2NO4. The van der Waals surface area contributed by atoms with E-state index in [0.717, 1.165) is 11.1 Å². The number of benzene rings is 2. The molecule has 0 unspecified atom stereocenters. The van der Waals surface area contributed by atoms with Crippen LogP contribution < -0.4 is 10.1 Å². The number of hydrogen-bond acceptors (Lipinski definition) is 3. The molecule has 5 nitrogen and oxygen atoms in total. The Morgan fingerprint density at radius 1 is 1.19 bits per heavy atom. The molecule has 0 heterocycles. The Labute approximate surface area is 168 Å². The predicted octanol–water partition coefficient (Wildman–Crippen LogP) is 4.66. The molecule has 0 radical (unpaired) electrons. The number of nitrogens with one attached hydrogen (secondary N) is 1. The molecule has 0 aliphatic rings. The molecule has 0 fully saturated rings. The van der Waals surface area contributed by atoms with Crippen LogP contribution in [-0.2, 0) is 16.2 Å². The monoisotopic (exact) mass is 481 g/mol. The predicted molar refractivity (Wildman–Crippen MR) is 107 cm³/mol. The summed E-state index contributed by atoms with van der Waals surface area (Å²) in [5.41, 5.74) is 2.60. The third-order valence-corrected chi connectivity index (χ3v) is 4.52. The fraction of sp³-hybridized carbons (Fsp3) is 0.158. The maximum absolute atomic E-state index is 11.2. The molecule has 26 heavy (non-hydrogen) atoms. The molecule has 2 aromatic carbocycles. The Hall–Kier alpha value is -2.12. The Kier molecular flexibility index (Phi) is 6.99. The lowest BCUT2D eigenvalue weighted by atomic mass is 10.1. The summed E-state index contributed by atoms with van der Waals surface area (Å²) in [5.74, 6) is -1.05. The molecule has 0 saturated heterocycles. The Morgan fingerprint density at radius 3 is 2.38 bits per heavy atom. The second-order valence-corrected chi connectivity index (χ2v) is 7.34. The van der Waals surface area contributed by atoms with Crippen LogP contribution in [0.2, 0.25) is 0 Å². The van der Waals surface area contributed by atoms with E-state index >= 15 is 0 Å². The highest BCUT2D eigenvalue weighted by Crippen LogP contribution is 2.36. The number of halogens is 2. The van der Waals surface area contributed by atoms with Crippen molar-refractivity contribution in [3.05, 3.63) is 67.7 Å². The maximum atomic E-state index is 11.2. The minimum Gasteiger partial charge on any atom is -0.487 e. The van der Waals surface area contributed by atoms with Crippen molar-refractivity contribution in [3.63, 3.8) is 0 Å². The number of aryl methyl sites for hydroxylation is 1. The Bertz CT molecular complexity index is 855. The topological polar surface area (TPSA) is 75.6 Å². The number of carboxylic acids is 1. The molecule has 2 aromatic rings. The molecule has 7 heteroatoms. The van der Waals surface area contributed by atoms with Crippen molar-refractivity contribution in [2.45, 2.75) is 20.5 Å². The fourth-order valence-electron chi connectivity index (χ4n) is 2.27. The van der Waals surface area contributed by atoms with Gasteiger partial charge in [0.15, 0.2) is 0 Å². The molecule has 0 bridgehead atoms. The van der Waals surface area contributed by atoms with Crippen LogP contribution in [0, 0.1) is 6.92 Å². The largest absolute Gasteiger partial charge is 0.487 e. The number of aliphatic carboxylic acids is 1. The van der Waals surface area contributed by atoms with Crippen LogP contribution in [0.15, 0.2) is 51.0 Å². The van der Waals surface area contributed by atoms with Crippen LogP contribution in [0.25, 0.3) is 6.08 Å². The molecular weight excluding hydrogens is 466 g/mol. The zero-order chi connectivity index (χ0) is 19.3. The highest BCUT2D eigenvalue weighted by molar-refractivity contribution is 9.11. The van der Waals surface area contributed by atoms with Gasteiger partial charge in [-0.05, 0) is 68.1 Å². The van der Waals surface area contributed by atoms with E-state index in [0.29, 0.717) is 26.9 Å². The van der Waals surface area contributed by atoms with Crippen molar-refractivity contribution in [1.29, 1.82) is 0 Å². The van der Waals surface area contributed by atoms with Crippen LogP contribution >= 0.6 is 31.9 Å². The van der Waals surface area contributed by atoms with E-state index in [1.54, 1.807) is 12.1 Å². The van der Waals surface area contributed by atoms with Gasteiger partial charge in [-0.25, -0.2) is 4.79 Å². The van der Waals surface area contributed by atoms with E-state index in [1.165, 1.54) is 13.0 Å². The normalized spacial score (nSPS) is 11.2. The zero-order valence-electron chi connectivity index (χ0n) is 14.2. The summed E-state index contributed by atoms with van der Waals surface area (Å²) < 4.78 is 7.21. The zero-order valence-corrected chi connectivity index (χ0v) is 17.3. The standard InChI is InChI=1S/C19H17Br2NO4/c1-11-4-3-5-13(6-11)10-26-18-15(20)7-14(8-16(18)21)9-17(19(24)25)22-12(2)23/h3-9H,10H2,1-2H3,(H,22,23)(H,24,25)/b17-9+. The van der Waals surface area contributed by atoms with Crippen LogP contribution in [-0.4, -0.2) is 17.0 Å². The first-order chi connectivity index (χ1) is 12.3. The van der Waals surface area contributed by atoms with Gasteiger partial charge in [0.05, 0.1) is 8.95 Å². The molecule has 0 saturated carbocycles. The van der Waals surface area contributed by atoms with Gasteiger partial charge < -0.3 is 15.2 Å². The minimum atomic E-state index is -1.22. The van der Waals surface area contributed by atoms with Gasteiger partial charge in [0.2, 0.25) is 5.91 Å². The second-order valence-electron chi connectivity index (χ2n) is 5.64. The summed E-state index contributed by atoms with van der Waals surface area (Å²) in [6, 6.07) is 11.5. The number of hydrogen-bond donors (Lipinski definition) is 2. The number of amides is 1. The molecule has 0 spiro atoms. The molecule has 0 aromatic heterocycles. The number of carboxylic acid groups (broad SMARTS) is 1. The third-order valence-electron chi connectivity index (χ3n) is 3.34. The Morgan fingerprint density at radius 2 is 1.85 bits per heavy atom. The summed E-state index contributed by atoms with van der Waals surface area (Å²) in [4.78, 5) is 22.4. The molecule has 2 rings (SSSR count). The van der Waals surface area contributed by atoms with Crippen molar-refractivity contribution in [3.8, 4) is 5.75 Å². The fourth-order valence-corrected chi connectivity index (χ4v) is 3.72. The molecule has 1 amide bonds. The van der Waals surface area contributed by atoms with E-state index in [9.17, 15) is 14.7 Å². The average Bonchev–Trinajstić information content (AvgIpc) is 2.53.